The maximum absolute atomic E-state index is 2.62. The quantitative estimate of drug-likeness (QED) is 0.674. The summed E-state index contributed by atoms with van der Waals surface area (Å²) in [7, 11) is 0. The molecular formula is C14H25N. The Morgan fingerprint density at radius 3 is 2.73 bits per heavy atom. The molecule has 0 amide bonds. The van der Waals surface area contributed by atoms with Gasteiger partial charge in [0.15, 0.2) is 0 Å². The highest BCUT2D eigenvalue weighted by Crippen LogP contribution is 2.30. The van der Waals surface area contributed by atoms with Crippen LogP contribution in [0.25, 0.3) is 0 Å². The van der Waals surface area contributed by atoms with E-state index in [1.54, 1.807) is 5.70 Å². The minimum absolute atomic E-state index is 0.997. The van der Waals surface area contributed by atoms with E-state index in [1.807, 2.05) is 0 Å². The third-order valence-corrected chi connectivity index (χ3v) is 3.97. The Morgan fingerprint density at radius 2 is 2.13 bits per heavy atom. The zero-order chi connectivity index (χ0) is 10.5. The number of hydrogen-bond donors (Lipinski definition) is 0. The minimum Gasteiger partial charge on any atom is -0.375 e. The predicted molar refractivity (Wildman–Crippen MR) is 65.8 cm³/mol. The van der Waals surface area contributed by atoms with Crippen LogP contribution in [0.15, 0.2) is 11.8 Å². The van der Waals surface area contributed by atoms with Crippen LogP contribution in [0, 0.1) is 5.92 Å². The third-order valence-electron chi connectivity index (χ3n) is 3.97. The van der Waals surface area contributed by atoms with Crippen molar-refractivity contribution in [1.29, 1.82) is 0 Å². The first-order valence-corrected chi connectivity index (χ1v) is 6.84. The molecule has 0 saturated carbocycles. The van der Waals surface area contributed by atoms with Crippen molar-refractivity contribution < 1.29 is 0 Å². The van der Waals surface area contributed by atoms with Gasteiger partial charge in [0.25, 0.3) is 0 Å². The third kappa shape index (κ3) is 2.99. The number of allylic oxidation sites excluding steroid dienone is 2. The zero-order valence-electron chi connectivity index (χ0n) is 10.2. The number of likely N-dealkylation sites (tertiary alicyclic amines) is 1. The Kier molecular flexibility index (Phi) is 4.10. The van der Waals surface area contributed by atoms with Crippen LogP contribution in [0.5, 0.6) is 0 Å². The molecule has 1 fully saturated rings. The molecule has 0 aromatic carbocycles. The van der Waals surface area contributed by atoms with Crippen molar-refractivity contribution in [3.8, 4) is 0 Å². The van der Waals surface area contributed by atoms with E-state index in [4.69, 9.17) is 0 Å². The fourth-order valence-electron chi connectivity index (χ4n) is 2.92. The first-order chi connectivity index (χ1) is 7.40. The van der Waals surface area contributed by atoms with E-state index < -0.39 is 0 Å². The van der Waals surface area contributed by atoms with Crippen LogP contribution in [0.1, 0.15) is 58.3 Å². The average Bonchev–Trinajstić information content (AvgIpc) is 2.80. The second-order valence-corrected chi connectivity index (χ2v) is 5.17. The Bertz CT molecular complexity index is 213. The van der Waals surface area contributed by atoms with Gasteiger partial charge in [-0.3, -0.25) is 0 Å². The van der Waals surface area contributed by atoms with E-state index in [2.05, 4.69) is 17.9 Å². The molecule has 1 atom stereocenters. The number of unbranched alkanes of at least 4 members (excludes halogenated alkanes) is 1. The molecule has 1 unspecified atom stereocenters. The van der Waals surface area contributed by atoms with E-state index in [0.29, 0.717) is 0 Å². The second-order valence-electron chi connectivity index (χ2n) is 5.17. The van der Waals surface area contributed by atoms with Gasteiger partial charge in [-0.15, -0.1) is 0 Å². The summed E-state index contributed by atoms with van der Waals surface area (Å²) in [5, 5.41) is 0. The van der Waals surface area contributed by atoms with Crippen molar-refractivity contribution in [2.45, 2.75) is 58.3 Å². The van der Waals surface area contributed by atoms with Gasteiger partial charge in [-0.2, -0.15) is 0 Å². The lowest BCUT2D eigenvalue weighted by atomic mass is 9.88. The molecular weight excluding hydrogens is 182 g/mol. The molecule has 2 aliphatic rings. The van der Waals surface area contributed by atoms with E-state index in [9.17, 15) is 0 Å². The molecule has 15 heavy (non-hydrogen) atoms. The smallest absolute Gasteiger partial charge is 0.0175 e. The first-order valence-electron chi connectivity index (χ1n) is 6.84. The zero-order valence-corrected chi connectivity index (χ0v) is 10.2. The molecule has 1 aliphatic carbocycles. The summed E-state index contributed by atoms with van der Waals surface area (Å²) < 4.78 is 0. The first kappa shape index (κ1) is 11.0. The van der Waals surface area contributed by atoms with Gasteiger partial charge < -0.3 is 4.90 Å². The standard InChI is InChI=1S/C14H25N/c1-2-3-6-13-7-9-14(10-8-13)15-11-4-5-12-15/h9,13H,2-8,10-12H2,1H3. The highest BCUT2D eigenvalue weighted by Gasteiger charge is 2.19. The van der Waals surface area contributed by atoms with Crippen LogP contribution in [0.3, 0.4) is 0 Å². The molecule has 0 bridgehead atoms. The van der Waals surface area contributed by atoms with Gasteiger partial charge in [0.1, 0.15) is 0 Å². The maximum atomic E-state index is 2.62. The van der Waals surface area contributed by atoms with Crippen molar-refractivity contribution in [2.75, 3.05) is 13.1 Å². The molecule has 1 nitrogen and oxygen atoms in total. The summed E-state index contributed by atoms with van der Waals surface area (Å²) in [4.78, 5) is 2.62. The molecule has 0 aromatic rings. The number of nitrogens with zero attached hydrogens (tertiary/aromatic N) is 1. The molecule has 0 aromatic heterocycles. The predicted octanol–water partition coefficient (Wildman–Crippen LogP) is 3.96. The molecule has 1 saturated heterocycles. The normalized spacial score (nSPS) is 26.9. The summed E-state index contributed by atoms with van der Waals surface area (Å²) in [6, 6.07) is 0. The topological polar surface area (TPSA) is 3.24 Å². The van der Waals surface area contributed by atoms with Gasteiger partial charge in [0, 0.05) is 18.8 Å². The lowest BCUT2D eigenvalue weighted by Crippen LogP contribution is -2.21. The lowest BCUT2D eigenvalue weighted by Gasteiger charge is -2.28. The van der Waals surface area contributed by atoms with Crippen molar-refractivity contribution in [1.82, 2.24) is 4.90 Å². The molecule has 2 rings (SSSR count). The van der Waals surface area contributed by atoms with Crippen LogP contribution < -0.4 is 0 Å². The summed E-state index contributed by atoms with van der Waals surface area (Å²) in [5.41, 5.74) is 1.67. The fourth-order valence-corrected chi connectivity index (χ4v) is 2.92. The van der Waals surface area contributed by atoms with Gasteiger partial charge in [0.2, 0.25) is 0 Å². The maximum Gasteiger partial charge on any atom is 0.0175 e. The summed E-state index contributed by atoms with van der Waals surface area (Å²) in [6.45, 7) is 4.95. The summed E-state index contributed by atoms with van der Waals surface area (Å²) in [5.74, 6) is 0.997. The van der Waals surface area contributed by atoms with E-state index >= 15 is 0 Å². The Hall–Kier alpha value is -0.460. The Balaban J connectivity index is 1.77. The van der Waals surface area contributed by atoms with E-state index in [-0.39, 0.29) is 0 Å². The van der Waals surface area contributed by atoms with Gasteiger partial charge >= 0.3 is 0 Å². The van der Waals surface area contributed by atoms with Crippen molar-refractivity contribution >= 4 is 0 Å². The van der Waals surface area contributed by atoms with Gasteiger partial charge in [-0.1, -0.05) is 32.3 Å². The molecule has 1 heteroatoms. The van der Waals surface area contributed by atoms with Gasteiger partial charge in [-0.05, 0) is 38.0 Å². The van der Waals surface area contributed by atoms with Crippen LogP contribution in [0.2, 0.25) is 0 Å². The minimum atomic E-state index is 0.997. The molecule has 0 spiro atoms. The van der Waals surface area contributed by atoms with Crippen LogP contribution in [-0.4, -0.2) is 18.0 Å². The van der Waals surface area contributed by atoms with Crippen molar-refractivity contribution in [2.24, 2.45) is 5.92 Å². The monoisotopic (exact) mass is 207 g/mol. The van der Waals surface area contributed by atoms with E-state index in [1.165, 1.54) is 64.5 Å². The molecule has 0 radical (unpaired) electrons. The molecule has 0 N–H and O–H groups in total. The second kappa shape index (κ2) is 5.58. The van der Waals surface area contributed by atoms with Gasteiger partial charge in [0.05, 0.1) is 0 Å². The largest absolute Gasteiger partial charge is 0.375 e. The van der Waals surface area contributed by atoms with Crippen LogP contribution in [-0.2, 0) is 0 Å². The summed E-state index contributed by atoms with van der Waals surface area (Å²) in [6.07, 6.45) is 13.8. The average molecular weight is 207 g/mol. The van der Waals surface area contributed by atoms with E-state index in [0.717, 1.165) is 5.92 Å². The van der Waals surface area contributed by atoms with Crippen molar-refractivity contribution in [3.63, 3.8) is 0 Å². The molecule has 1 heterocycles. The van der Waals surface area contributed by atoms with Crippen molar-refractivity contribution in [3.05, 3.63) is 11.8 Å². The van der Waals surface area contributed by atoms with Crippen LogP contribution in [0.4, 0.5) is 0 Å². The number of hydrogen-bond acceptors (Lipinski definition) is 1. The SMILES string of the molecule is CCCCC1CC=C(N2CCCC2)CC1. The Labute approximate surface area is 94.5 Å². The summed E-state index contributed by atoms with van der Waals surface area (Å²) >= 11 is 0. The van der Waals surface area contributed by atoms with Crippen LogP contribution >= 0.6 is 0 Å². The van der Waals surface area contributed by atoms with Gasteiger partial charge in [-0.25, -0.2) is 0 Å². The number of rotatable bonds is 4. The fraction of sp³-hybridized carbons (Fsp3) is 0.857. The Morgan fingerprint density at radius 1 is 1.33 bits per heavy atom. The highest BCUT2D eigenvalue weighted by atomic mass is 15.1. The molecule has 1 aliphatic heterocycles. The molecule has 86 valence electrons. The highest BCUT2D eigenvalue weighted by molar-refractivity contribution is 5.06. The lowest BCUT2D eigenvalue weighted by molar-refractivity contribution is 0.347.